The molecule has 0 radical (unpaired) electrons. The highest BCUT2D eigenvalue weighted by atomic mass is 32.2. The van der Waals surface area contributed by atoms with Gasteiger partial charge in [-0.1, -0.05) is 12.1 Å². The standard InChI is InChI=1S/C19H21NO3S/c1-13(19(21)22)24-16-10-8-14(9-11-16)17-7-4-12-20-18(17)23-15-5-2-3-6-15/h4,7-13,15H,2-3,5-6H2,1H3,(H,21,22). The third kappa shape index (κ3) is 4.09. The van der Waals surface area contributed by atoms with E-state index < -0.39 is 11.2 Å². The van der Waals surface area contributed by atoms with Crippen molar-refractivity contribution >= 4 is 17.7 Å². The molecule has 1 aromatic heterocycles. The maximum Gasteiger partial charge on any atom is 0.316 e. The minimum atomic E-state index is -0.802. The number of benzene rings is 1. The smallest absolute Gasteiger partial charge is 0.316 e. The van der Waals surface area contributed by atoms with E-state index in [9.17, 15) is 4.79 Å². The van der Waals surface area contributed by atoms with Gasteiger partial charge in [-0.25, -0.2) is 4.98 Å². The summed E-state index contributed by atoms with van der Waals surface area (Å²) in [5.41, 5.74) is 2.01. The highest BCUT2D eigenvalue weighted by Gasteiger charge is 2.19. The Labute approximate surface area is 146 Å². The summed E-state index contributed by atoms with van der Waals surface area (Å²) < 4.78 is 6.09. The Morgan fingerprint density at radius 1 is 1.25 bits per heavy atom. The van der Waals surface area contributed by atoms with Crippen LogP contribution < -0.4 is 4.74 Å². The molecule has 1 saturated carbocycles. The van der Waals surface area contributed by atoms with Crippen LogP contribution in [0.2, 0.25) is 0 Å². The number of aromatic nitrogens is 1. The fourth-order valence-electron chi connectivity index (χ4n) is 2.84. The summed E-state index contributed by atoms with van der Waals surface area (Å²) >= 11 is 1.34. The first kappa shape index (κ1) is 16.8. The topological polar surface area (TPSA) is 59.4 Å². The van der Waals surface area contributed by atoms with Crippen LogP contribution in [-0.4, -0.2) is 27.4 Å². The van der Waals surface area contributed by atoms with Gasteiger partial charge in [0.15, 0.2) is 0 Å². The molecule has 0 aliphatic heterocycles. The lowest BCUT2D eigenvalue weighted by atomic mass is 10.1. The monoisotopic (exact) mass is 343 g/mol. The van der Waals surface area contributed by atoms with Gasteiger partial charge in [0.2, 0.25) is 5.88 Å². The molecule has 1 heterocycles. The van der Waals surface area contributed by atoms with E-state index >= 15 is 0 Å². The van der Waals surface area contributed by atoms with Crippen LogP contribution in [0.25, 0.3) is 11.1 Å². The predicted molar refractivity (Wildman–Crippen MR) is 95.5 cm³/mol. The molecule has 0 spiro atoms. The van der Waals surface area contributed by atoms with Crippen LogP contribution in [0.4, 0.5) is 0 Å². The third-order valence-corrected chi connectivity index (χ3v) is 5.28. The number of thioether (sulfide) groups is 1. The van der Waals surface area contributed by atoms with Crippen molar-refractivity contribution in [1.29, 1.82) is 0 Å². The second kappa shape index (κ2) is 7.71. The number of pyridine rings is 1. The van der Waals surface area contributed by atoms with Gasteiger partial charge in [-0.15, -0.1) is 11.8 Å². The fourth-order valence-corrected chi connectivity index (χ4v) is 3.64. The number of rotatable bonds is 6. The molecule has 0 amide bonds. The van der Waals surface area contributed by atoms with Gasteiger partial charge in [0, 0.05) is 16.7 Å². The van der Waals surface area contributed by atoms with Gasteiger partial charge >= 0.3 is 5.97 Å². The van der Waals surface area contributed by atoms with Gasteiger partial charge in [0.05, 0.1) is 0 Å². The van der Waals surface area contributed by atoms with E-state index in [0.29, 0.717) is 5.88 Å². The molecule has 126 valence electrons. The van der Waals surface area contributed by atoms with E-state index in [2.05, 4.69) is 4.98 Å². The Balaban J connectivity index is 1.77. The first-order valence-corrected chi connectivity index (χ1v) is 9.13. The van der Waals surface area contributed by atoms with Gasteiger partial charge in [0.25, 0.3) is 0 Å². The Kier molecular flexibility index (Phi) is 5.41. The van der Waals surface area contributed by atoms with Crippen molar-refractivity contribution in [3.63, 3.8) is 0 Å². The van der Waals surface area contributed by atoms with Gasteiger partial charge in [-0.3, -0.25) is 4.79 Å². The number of aliphatic carboxylic acids is 1. The Hall–Kier alpha value is -2.01. The largest absolute Gasteiger partial charge is 0.480 e. The van der Waals surface area contributed by atoms with Gasteiger partial charge in [-0.05, 0) is 62.4 Å². The van der Waals surface area contributed by atoms with E-state index in [1.807, 2.05) is 36.4 Å². The molecule has 1 aliphatic rings. The van der Waals surface area contributed by atoms with Crippen molar-refractivity contribution < 1.29 is 14.6 Å². The molecule has 1 unspecified atom stereocenters. The molecule has 2 aromatic rings. The average molecular weight is 343 g/mol. The zero-order valence-corrected chi connectivity index (χ0v) is 14.5. The molecule has 3 rings (SSSR count). The average Bonchev–Trinajstić information content (AvgIpc) is 3.09. The van der Waals surface area contributed by atoms with Crippen LogP contribution in [0.15, 0.2) is 47.5 Å². The number of carboxylic acid groups (broad SMARTS) is 1. The van der Waals surface area contributed by atoms with Crippen molar-refractivity contribution in [2.45, 2.75) is 48.9 Å². The maximum absolute atomic E-state index is 11.0. The lowest BCUT2D eigenvalue weighted by molar-refractivity contribution is -0.136. The van der Waals surface area contributed by atoms with E-state index in [-0.39, 0.29) is 6.10 Å². The molecule has 0 bridgehead atoms. The predicted octanol–water partition coefficient (Wildman–Crippen LogP) is 4.64. The minimum Gasteiger partial charge on any atom is -0.480 e. The zero-order valence-electron chi connectivity index (χ0n) is 13.6. The third-order valence-electron chi connectivity index (χ3n) is 4.18. The number of hydrogen-bond acceptors (Lipinski definition) is 4. The zero-order chi connectivity index (χ0) is 16.9. The van der Waals surface area contributed by atoms with Gasteiger partial charge in [-0.2, -0.15) is 0 Å². The maximum atomic E-state index is 11.0. The van der Waals surface area contributed by atoms with Crippen LogP contribution in [0.3, 0.4) is 0 Å². The van der Waals surface area contributed by atoms with Gasteiger partial charge < -0.3 is 9.84 Å². The Morgan fingerprint density at radius 3 is 2.62 bits per heavy atom. The van der Waals surface area contributed by atoms with Crippen LogP contribution in [0, 0.1) is 0 Å². The molecule has 1 aliphatic carbocycles. The summed E-state index contributed by atoms with van der Waals surface area (Å²) in [4.78, 5) is 16.3. The number of hydrogen-bond donors (Lipinski definition) is 1. The van der Waals surface area contributed by atoms with Crippen LogP contribution in [0.5, 0.6) is 5.88 Å². The normalized spacial score (nSPS) is 16.0. The van der Waals surface area contributed by atoms with E-state index in [4.69, 9.17) is 9.84 Å². The number of ether oxygens (including phenoxy) is 1. The molecule has 1 aromatic carbocycles. The van der Waals surface area contributed by atoms with Crippen molar-refractivity contribution in [2.24, 2.45) is 0 Å². The summed E-state index contributed by atoms with van der Waals surface area (Å²) in [5, 5.41) is 8.54. The van der Waals surface area contributed by atoms with Crippen molar-refractivity contribution in [1.82, 2.24) is 4.98 Å². The van der Waals surface area contributed by atoms with Crippen LogP contribution >= 0.6 is 11.8 Å². The molecular weight excluding hydrogens is 322 g/mol. The number of nitrogens with zero attached hydrogens (tertiary/aromatic N) is 1. The van der Waals surface area contributed by atoms with Gasteiger partial charge in [0.1, 0.15) is 11.4 Å². The number of carboxylic acids is 1. The molecule has 1 N–H and O–H groups in total. The molecule has 1 atom stereocenters. The first-order chi connectivity index (χ1) is 11.6. The first-order valence-electron chi connectivity index (χ1n) is 8.25. The SMILES string of the molecule is CC(Sc1ccc(-c2cccnc2OC2CCCC2)cc1)C(=O)O. The highest BCUT2D eigenvalue weighted by Crippen LogP contribution is 2.33. The Morgan fingerprint density at radius 2 is 1.96 bits per heavy atom. The summed E-state index contributed by atoms with van der Waals surface area (Å²) in [6.07, 6.45) is 6.66. The number of carbonyl (C=O) groups is 1. The minimum absolute atomic E-state index is 0.268. The summed E-state index contributed by atoms with van der Waals surface area (Å²) in [6, 6.07) is 11.8. The second-order valence-corrected chi connectivity index (χ2v) is 7.42. The van der Waals surface area contributed by atoms with E-state index in [0.717, 1.165) is 28.9 Å². The molecule has 0 saturated heterocycles. The van der Waals surface area contributed by atoms with Crippen LogP contribution in [0.1, 0.15) is 32.6 Å². The quantitative estimate of drug-likeness (QED) is 0.775. The van der Waals surface area contributed by atoms with Crippen molar-refractivity contribution in [2.75, 3.05) is 0 Å². The lowest BCUT2D eigenvalue weighted by Gasteiger charge is -2.15. The molecule has 24 heavy (non-hydrogen) atoms. The molecule has 1 fully saturated rings. The van der Waals surface area contributed by atoms with Crippen molar-refractivity contribution in [3.8, 4) is 17.0 Å². The van der Waals surface area contributed by atoms with Crippen molar-refractivity contribution in [3.05, 3.63) is 42.6 Å². The summed E-state index contributed by atoms with van der Waals surface area (Å²) in [6.45, 7) is 1.69. The molecular formula is C19H21NO3S. The molecule has 5 heteroatoms. The van der Waals surface area contributed by atoms with Crippen LogP contribution in [-0.2, 0) is 4.79 Å². The lowest BCUT2D eigenvalue weighted by Crippen LogP contribution is -2.12. The molecule has 4 nitrogen and oxygen atoms in total. The van der Waals surface area contributed by atoms with E-state index in [1.54, 1.807) is 13.1 Å². The summed E-state index contributed by atoms with van der Waals surface area (Å²) in [7, 11) is 0. The fraction of sp³-hybridized carbons (Fsp3) is 0.368. The second-order valence-electron chi connectivity index (χ2n) is 6.00. The highest BCUT2D eigenvalue weighted by molar-refractivity contribution is 8.00. The summed E-state index contributed by atoms with van der Waals surface area (Å²) in [5.74, 6) is -0.118. The Bertz CT molecular complexity index is 696. The van der Waals surface area contributed by atoms with E-state index in [1.165, 1.54) is 24.6 Å².